The van der Waals surface area contributed by atoms with E-state index in [9.17, 15) is 4.79 Å². The summed E-state index contributed by atoms with van der Waals surface area (Å²) in [6.45, 7) is 4.88. The van der Waals surface area contributed by atoms with Gasteiger partial charge in [0.1, 0.15) is 11.3 Å². The smallest absolute Gasteiger partial charge is 0.306 e. The van der Waals surface area contributed by atoms with Crippen LogP contribution in [0.5, 0.6) is 5.75 Å². The molecule has 5 rings (SSSR count). The van der Waals surface area contributed by atoms with Crippen molar-refractivity contribution < 1.29 is 18.7 Å². The largest absolute Gasteiger partial charge is 0.492 e. The van der Waals surface area contributed by atoms with Gasteiger partial charge in [0.25, 0.3) is 0 Å². The van der Waals surface area contributed by atoms with Crippen LogP contribution in [-0.2, 0) is 16.0 Å². The SMILES string of the molecule is COC(=O)CCc1nc2c(o1)c1c(c3ccc4c(C)cccc4c32)OC[C@H]1C. The van der Waals surface area contributed by atoms with Crippen LogP contribution in [0, 0.1) is 6.92 Å². The van der Waals surface area contributed by atoms with E-state index in [0.717, 1.165) is 38.6 Å². The fourth-order valence-corrected chi connectivity index (χ4v) is 4.24. The molecular formula is C23H21NO4. The van der Waals surface area contributed by atoms with Crippen molar-refractivity contribution in [2.24, 2.45) is 0 Å². The summed E-state index contributed by atoms with van der Waals surface area (Å²) in [6.07, 6.45) is 0.659. The number of ether oxygens (including phenoxy) is 2. The number of carbonyl (C=O) groups is 1. The van der Waals surface area contributed by atoms with Gasteiger partial charge in [0.05, 0.1) is 20.1 Å². The molecule has 0 fully saturated rings. The highest BCUT2D eigenvalue weighted by Gasteiger charge is 2.30. The summed E-state index contributed by atoms with van der Waals surface area (Å²) in [5, 5.41) is 4.46. The number of esters is 1. The van der Waals surface area contributed by atoms with Crippen molar-refractivity contribution >= 4 is 38.6 Å². The molecule has 142 valence electrons. The summed E-state index contributed by atoms with van der Waals surface area (Å²) < 4.78 is 17.0. The molecule has 0 spiro atoms. The zero-order valence-corrected chi connectivity index (χ0v) is 16.2. The summed E-state index contributed by atoms with van der Waals surface area (Å²) in [6, 6.07) is 10.6. The summed E-state index contributed by atoms with van der Waals surface area (Å²) in [4.78, 5) is 16.4. The van der Waals surface area contributed by atoms with E-state index in [2.05, 4.69) is 44.2 Å². The van der Waals surface area contributed by atoms with Gasteiger partial charge in [-0.3, -0.25) is 4.79 Å². The molecule has 0 aliphatic carbocycles. The molecule has 0 unspecified atom stereocenters. The maximum atomic E-state index is 11.6. The fourth-order valence-electron chi connectivity index (χ4n) is 4.24. The predicted molar refractivity (Wildman–Crippen MR) is 108 cm³/mol. The topological polar surface area (TPSA) is 61.6 Å². The van der Waals surface area contributed by atoms with Crippen molar-refractivity contribution in [1.82, 2.24) is 4.98 Å². The average molecular weight is 375 g/mol. The average Bonchev–Trinajstić information content (AvgIpc) is 3.29. The van der Waals surface area contributed by atoms with Crippen molar-refractivity contribution in [2.75, 3.05) is 13.7 Å². The Morgan fingerprint density at radius 2 is 2.04 bits per heavy atom. The molecule has 1 aliphatic rings. The third kappa shape index (κ3) is 2.39. The molecule has 28 heavy (non-hydrogen) atoms. The number of aromatic nitrogens is 1. The lowest BCUT2D eigenvalue weighted by Crippen LogP contribution is -2.01. The summed E-state index contributed by atoms with van der Waals surface area (Å²) >= 11 is 0. The highest BCUT2D eigenvalue weighted by Crippen LogP contribution is 2.47. The maximum Gasteiger partial charge on any atom is 0.306 e. The van der Waals surface area contributed by atoms with E-state index in [0.29, 0.717) is 18.9 Å². The quantitative estimate of drug-likeness (QED) is 0.371. The summed E-state index contributed by atoms with van der Waals surface area (Å²) in [5.74, 6) is 1.42. The molecule has 0 saturated heterocycles. The molecule has 2 heterocycles. The molecule has 4 aromatic rings. The molecule has 1 aliphatic heterocycles. The Hall–Kier alpha value is -3.08. The number of carbonyl (C=O) groups excluding carboxylic acids is 1. The fraction of sp³-hybridized carbons (Fsp3) is 0.304. The van der Waals surface area contributed by atoms with Crippen LogP contribution >= 0.6 is 0 Å². The number of nitrogens with zero attached hydrogens (tertiary/aromatic N) is 1. The minimum atomic E-state index is -0.268. The molecule has 0 saturated carbocycles. The molecule has 0 amide bonds. The van der Waals surface area contributed by atoms with Gasteiger partial charge in [0.2, 0.25) is 0 Å². The predicted octanol–water partition coefficient (Wildman–Crippen LogP) is 5.04. The Morgan fingerprint density at radius 3 is 2.86 bits per heavy atom. The van der Waals surface area contributed by atoms with Gasteiger partial charge in [0.15, 0.2) is 11.5 Å². The second-order valence-electron chi connectivity index (χ2n) is 7.47. The Labute approximate surface area is 162 Å². The first-order valence-electron chi connectivity index (χ1n) is 9.55. The zero-order chi connectivity index (χ0) is 19.4. The van der Waals surface area contributed by atoms with E-state index in [1.807, 2.05) is 0 Å². The lowest BCUT2D eigenvalue weighted by Gasteiger charge is -2.11. The standard InChI is InChI=1S/C23H21NO4/c1-12-5-4-6-15-14(12)7-8-16-20(15)21-23(19-13(2)11-27-22(16)19)28-17(24-21)9-10-18(25)26-3/h4-8,13H,9-11H2,1-3H3/t13-/m1/s1. The zero-order valence-electron chi connectivity index (χ0n) is 16.2. The molecule has 0 radical (unpaired) electrons. The van der Waals surface area contributed by atoms with E-state index in [4.69, 9.17) is 18.9 Å². The van der Waals surface area contributed by atoms with Gasteiger partial charge in [0, 0.05) is 28.7 Å². The van der Waals surface area contributed by atoms with E-state index < -0.39 is 0 Å². The molecule has 3 aromatic carbocycles. The highest BCUT2D eigenvalue weighted by atomic mass is 16.5. The first kappa shape index (κ1) is 17.0. The Morgan fingerprint density at radius 1 is 1.21 bits per heavy atom. The third-order valence-electron chi connectivity index (χ3n) is 5.66. The van der Waals surface area contributed by atoms with Crippen molar-refractivity contribution in [3.8, 4) is 5.75 Å². The van der Waals surface area contributed by atoms with E-state index >= 15 is 0 Å². The van der Waals surface area contributed by atoms with Gasteiger partial charge >= 0.3 is 5.97 Å². The number of hydrogen-bond acceptors (Lipinski definition) is 5. The molecular weight excluding hydrogens is 354 g/mol. The maximum absolute atomic E-state index is 11.6. The van der Waals surface area contributed by atoms with Crippen LogP contribution in [-0.4, -0.2) is 24.7 Å². The van der Waals surface area contributed by atoms with E-state index in [-0.39, 0.29) is 18.3 Å². The number of benzene rings is 3. The van der Waals surface area contributed by atoms with Crippen LogP contribution in [0.1, 0.15) is 36.3 Å². The lowest BCUT2D eigenvalue weighted by molar-refractivity contribution is -0.140. The molecule has 0 bridgehead atoms. The van der Waals surface area contributed by atoms with Gasteiger partial charge < -0.3 is 13.9 Å². The van der Waals surface area contributed by atoms with Gasteiger partial charge in [-0.25, -0.2) is 4.98 Å². The number of hydrogen-bond donors (Lipinski definition) is 0. The number of methoxy groups -OCH3 is 1. The van der Waals surface area contributed by atoms with Crippen molar-refractivity contribution in [2.45, 2.75) is 32.6 Å². The van der Waals surface area contributed by atoms with Crippen LogP contribution in [0.3, 0.4) is 0 Å². The van der Waals surface area contributed by atoms with Crippen LogP contribution in [0.4, 0.5) is 0 Å². The van der Waals surface area contributed by atoms with Gasteiger partial charge in [-0.15, -0.1) is 0 Å². The number of fused-ring (bicyclic) bond motifs is 8. The van der Waals surface area contributed by atoms with Crippen LogP contribution in [0.2, 0.25) is 0 Å². The Kier molecular flexibility index (Phi) is 3.79. The summed E-state index contributed by atoms with van der Waals surface area (Å²) in [7, 11) is 1.39. The lowest BCUT2D eigenvalue weighted by atomic mass is 9.93. The van der Waals surface area contributed by atoms with Crippen LogP contribution in [0.25, 0.3) is 32.6 Å². The second-order valence-corrected chi connectivity index (χ2v) is 7.47. The first-order valence-corrected chi connectivity index (χ1v) is 9.55. The van der Waals surface area contributed by atoms with Crippen molar-refractivity contribution in [3.63, 3.8) is 0 Å². The molecule has 1 aromatic heterocycles. The third-order valence-corrected chi connectivity index (χ3v) is 5.66. The minimum Gasteiger partial charge on any atom is -0.492 e. The summed E-state index contributed by atoms with van der Waals surface area (Å²) in [5.41, 5.74) is 3.92. The van der Waals surface area contributed by atoms with Crippen molar-refractivity contribution in [1.29, 1.82) is 0 Å². The van der Waals surface area contributed by atoms with Gasteiger partial charge in [-0.05, 0) is 29.3 Å². The van der Waals surface area contributed by atoms with E-state index in [1.54, 1.807) is 0 Å². The molecule has 1 atom stereocenters. The number of rotatable bonds is 3. The first-order chi connectivity index (χ1) is 13.6. The highest BCUT2D eigenvalue weighted by molar-refractivity contribution is 6.21. The van der Waals surface area contributed by atoms with Gasteiger partial charge in [-0.2, -0.15) is 0 Å². The molecule has 5 nitrogen and oxygen atoms in total. The van der Waals surface area contributed by atoms with Gasteiger partial charge in [-0.1, -0.05) is 31.2 Å². The van der Waals surface area contributed by atoms with E-state index in [1.165, 1.54) is 18.1 Å². The monoisotopic (exact) mass is 375 g/mol. The minimum absolute atomic E-state index is 0.233. The molecule has 5 heteroatoms. The normalized spacial score (nSPS) is 15.9. The Bertz CT molecular complexity index is 1250. The number of oxazole rings is 1. The molecule has 0 N–H and O–H groups in total. The van der Waals surface area contributed by atoms with Crippen LogP contribution < -0.4 is 4.74 Å². The Balaban J connectivity index is 1.85. The van der Waals surface area contributed by atoms with Crippen LogP contribution in [0.15, 0.2) is 34.7 Å². The number of aryl methyl sites for hydroxylation is 2. The second kappa shape index (κ2) is 6.23. The van der Waals surface area contributed by atoms with Crippen molar-refractivity contribution in [3.05, 3.63) is 47.3 Å².